The van der Waals surface area contributed by atoms with Crippen LogP contribution in [0.15, 0.2) is 30.3 Å². The molecule has 1 atom stereocenters. The van der Waals surface area contributed by atoms with Gasteiger partial charge < -0.3 is 4.90 Å². The van der Waals surface area contributed by atoms with Crippen LogP contribution in [0.25, 0.3) is 0 Å². The minimum atomic E-state index is 0.367. The fourth-order valence-corrected chi connectivity index (χ4v) is 5.38. The third-order valence-electron chi connectivity index (χ3n) is 6.79. The molecule has 4 rings (SSSR count). The van der Waals surface area contributed by atoms with Crippen LogP contribution in [0.1, 0.15) is 56.9 Å². The number of benzene rings is 1. The number of rotatable bonds is 4. The summed E-state index contributed by atoms with van der Waals surface area (Å²) in [6, 6.07) is 11.4. The number of likely N-dealkylation sites (tertiary alicyclic amines) is 2. The first-order valence-electron chi connectivity index (χ1n) is 10.3. The fraction of sp³-hybridized carbons (Fsp3) is 0.682. The Balaban J connectivity index is 1.39. The Labute approximate surface area is 152 Å². The molecule has 3 aliphatic rings. The highest BCUT2D eigenvalue weighted by molar-refractivity contribution is 5.77. The van der Waals surface area contributed by atoms with E-state index >= 15 is 0 Å². The number of piperidine rings is 2. The van der Waals surface area contributed by atoms with Crippen molar-refractivity contribution in [2.24, 2.45) is 5.41 Å². The van der Waals surface area contributed by atoms with Gasteiger partial charge in [0.2, 0.25) is 5.91 Å². The van der Waals surface area contributed by atoms with Crippen LogP contribution in [-0.4, -0.2) is 47.9 Å². The Bertz CT molecular complexity index is 581. The third kappa shape index (κ3) is 3.92. The lowest BCUT2D eigenvalue weighted by atomic mass is 9.73. The zero-order valence-corrected chi connectivity index (χ0v) is 15.5. The Kier molecular flexibility index (Phi) is 5.12. The molecule has 2 heterocycles. The molecule has 25 heavy (non-hydrogen) atoms. The average Bonchev–Trinajstić information content (AvgIpc) is 3.19. The van der Waals surface area contributed by atoms with Crippen molar-refractivity contribution in [1.82, 2.24) is 9.80 Å². The summed E-state index contributed by atoms with van der Waals surface area (Å²) in [5, 5.41) is 0. The number of hydrogen-bond acceptors (Lipinski definition) is 2. The predicted molar refractivity (Wildman–Crippen MR) is 101 cm³/mol. The summed E-state index contributed by atoms with van der Waals surface area (Å²) >= 11 is 0. The van der Waals surface area contributed by atoms with Gasteiger partial charge >= 0.3 is 0 Å². The van der Waals surface area contributed by atoms with E-state index in [1.807, 2.05) is 0 Å². The van der Waals surface area contributed by atoms with Gasteiger partial charge in [-0.3, -0.25) is 9.69 Å². The van der Waals surface area contributed by atoms with E-state index in [2.05, 4.69) is 40.1 Å². The van der Waals surface area contributed by atoms with E-state index in [-0.39, 0.29) is 0 Å². The van der Waals surface area contributed by atoms with E-state index in [0.29, 0.717) is 11.3 Å². The average molecular weight is 341 g/mol. The van der Waals surface area contributed by atoms with Gasteiger partial charge in [-0.05, 0) is 50.6 Å². The number of amides is 1. The Morgan fingerprint density at radius 2 is 1.80 bits per heavy atom. The third-order valence-corrected chi connectivity index (χ3v) is 6.79. The number of carbonyl (C=O) groups is 1. The van der Waals surface area contributed by atoms with E-state index in [9.17, 15) is 4.79 Å². The molecule has 1 spiro atoms. The van der Waals surface area contributed by atoms with E-state index in [1.54, 1.807) is 0 Å². The maximum absolute atomic E-state index is 12.5. The molecule has 0 radical (unpaired) electrons. The van der Waals surface area contributed by atoms with E-state index in [1.165, 1.54) is 57.2 Å². The van der Waals surface area contributed by atoms with Gasteiger partial charge in [0, 0.05) is 37.5 Å². The molecule has 1 saturated carbocycles. The van der Waals surface area contributed by atoms with Gasteiger partial charge in [0.05, 0.1) is 0 Å². The van der Waals surface area contributed by atoms with Crippen molar-refractivity contribution in [3.8, 4) is 0 Å². The Morgan fingerprint density at radius 1 is 1.00 bits per heavy atom. The Morgan fingerprint density at radius 3 is 2.60 bits per heavy atom. The highest BCUT2D eigenvalue weighted by Gasteiger charge is 2.42. The molecule has 2 saturated heterocycles. The first-order chi connectivity index (χ1) is 12.2. The molecule has 2 aliphatic heterocycles. The minimum absolute atomic E-state index is 0.367. The van der Waals surface area contributed by atoms with Crippen molar-refractivity contribution in [2.45, 2.75) is 63.8 Å². The van der Waals surface area contributed by atoms with Crippen LogP contribution in [0.4, 0.5) is 0 Å². The number of nitrogens with zero attached hydrogens (tertiary/aromatic N) is 2. The van der Waals surface area contributed by atoms with Crippen LogP contribution in [0.2, 0.25) is 0 Å². The lowest BCUT2D eigenvalue weighted by molar-refractivity contribution is -0.139. The lowest BCUT2D eigenvalue weighted by Gasteiger charge is -2.49. The quantitative estimate of drug-likeness (QED) is 0.830. The zero-order chi connectivity index (χ0) is 17.1. The summed E-state index contributed by atoms with van der Waals surface area (Å²) in [6.07, 6.45) is 11.1. The van der Waals surface area contributed by atoms with Crippen LogP contribution in [0, 0.1) is 5.41 Å². The maximum Gasteiger partial charge on any atom is 0.222 e. The minimum Gasteiger partial charge on any atom is -0.342 e. The van der Waals surface area contributed by atoms with Gasteiger partial charge in [-0.2, -0.15) is 0 Å². The molecule has 3 nitrogen and oxygen atoms in total. The predicted octanol–water partition coefficient (Wildman–Crippen LogP) is 3.88. The second-order valence-electron chi connectivity index (χ2n) is 8.56. The molecule has 1 amide bonds. The van der Waals surface area contributed by atoms with Crippen LogP contribution in [0.5, 0.6) is 0 Å². The van der Waals surface area contributed by atoms with Crippen molar-refractivity contribution < 1.29 is 4.79 Å². The van der Waals surface area contributed by atoms with Gasteiger partial charge in [-0.1, -0.05) is 43.2 Å². The van der Waals surface area contributed by atoms with Gasteiger partial charge in [-0.15, -0.1) is 0 Å². The van der Waals surface area contributed by atoms with Gasteiger partial charge in [-0.25, -0.2) is 0 Å². The van der Waals surface area contributed by atoms with Gasteiger partial charge in [0.1, 0.15) is 0 Å². The monoisotopic (exact) mass is 340 g/mol. The molecule has 0 bridgehead atoms. The molecule has 1 aromatic carbocycles. The molecule has 3 fully saturated rings. The number of carbonyl (C=O) groups excluding carboxylic acids is 1. The van der Waals surface area contributed by atoms with Crippen molar-refractivity contribution in [2.75, 3.05) is 26.2 Å². The molecule has 136 valence electrons. The molecule has 1 unspecified atom stereocenters. The van der Waals surface area contributed by atoms with Crippen molar-refractivity contribution in [1.29, 1.82) is 0 Å². The topological polar surface area (TPSA) is 23.6 Å². The number of hydrogen-bond donors (Lipinski definition) is 0. The summed E-state index contributed by atoms with van der Waals surface area (Å²) in [7, 11) is 0. The molecule has 0 aromatic heterocycles. The smallest absolute Gasteiger partial charge is 0.222 e. The normalized spacial score (nSPS) is 28.8. The summed E-state index contributed by atoms with van der Waals surface area (Å²) in [6.45, 7) is 4.38. The summed E-state index contributed by atoms with van der Waals surface area (Å²) < 4.78 is 0. The van der Waals surface area contributed by atoms with Crippen molar-refractivity contribution >= 4 is 5.91 Å². The van der Waals surface area contributed by atoms with Crippen molar-refractivity contribution in [3.05, 3.63) is 35.9 Å². The van der Waals surface area contributed by atoms with Crippen LogP contribution in [0.3, 0.4) is 0 Å². The SMILES string of the molecule is O=C1CCC2(CCCN(C3CCCC3)C2)CN1CCc1ccccc1. The molecule has 1 aromatic rings. The molecule has 3 heteroatoms. The largest absolute Gasteiger partial charge is 0.342 e. The molecule has 0 N–H and O–H groups in total. The summed E-state index contributed by atoms with van der Waals surface area (Å²) in [4.78, 5) is 17.4. The van der Waals surface area contributed by atoms with E-state index < -0.39 is 0 Å². The Hall–Kier alpha value is -1.35. The fourth-order valence-electron chi connectivity index (χ4n) is 5.38. The highest BCUT2D eigenvalue weighted by atomic mass is 16.2. The van der Waals surface area contributed by atoms with Gasteiger partial charge in [0.15, 0.2) is 0 Å². The lowest BCUT2D eigenvalue weighted by Crippen LogP contribution is -2.55. The first-order valence-corrected chi connectivity index (χ1v) is 10.3. The van der Waals surface area contributed by atoms with E-state index in [0.717, 1.165) is 38.4 Å². The standard InChI is InChI=1S/C22H32N2O/c25-21-11-14-22(13-6-15-23(17-22)20-9-4-5-10-20)18-24(21)16-12-19-7-2-1-3-8-19/h1-3,7-8,20H,4-6,9-18H2. The van der Waals surface area contributed by atoms with Crippen LogP contribution < -0.4 is 0 Å². The molecular formula is C22H32N2O. The molecular weight excluding hydrogens is 308 g/mol. The van der Waals surface area contributed by atoms with Gasteiger partial charge in [0.25, 0.3) is 0 Å². The zero-order valence-electron chi connectivity index (χ0n) is 15.5. The first kappa shape index (κ1) is 17.1. The molecule has 1 aliphatic carbocycles. The summed E-state index contributed by atoms with van der Waals surface area (Å²) in [5.41, 5.74) is 1.71. The van der Waals surface area contributed by atoms with Crippen LogP contribution >= 0.6 is 0 Å². The maximum atomic E-state index is 12.5. The van der Waals surface area contributed by atoms with Crippen molar-refractivity contribution in [3.63, 3.8) is 0 Å². The second kappa shape index (κ2) is 7.49. The van der Waals surface area contributed by atoms with Crippen LogP contribution in [-0.2, 0) is 11.2 Å². The summed E-state index contributed by atoms with van der Waals surface area (Å²) in [5.74, 6) is 0.375. The second-order valence-corrected chi connectivity index (χ2v) is 8.56. The van der Waals surface area contributed by atoms with E-state index in [4.69, 9.17) is 0 Å². The highest BCUT2D eigenvalue weighted by Crippen LogP contribution is 2.41.